The van der Waals surface area contributed by atoms with Crippen LogP contribution in [0.25, 0.3) is 76.9 Å². The van der Waals surface area contributed by atoms with Crippen molar-refractivity contribution in [2.45, 2.75) is 0 Å². The van der Waals surface area contributed by atoms with Gasteiger partial charge in [0.15, 0.2) is 0 Å². The number of hydrogen-bond acceptors (Lipinski definition) is 6. The van der Waals surface area contributed by atoms with E-state index in [1.807, 2.05) is 36.9 Å². The second kappa shape index (κ2) is 8.08. The number of rotatable bonds is 2. The third kappa shape index (κ3) is 3.28. The Balaban J connectivity index is 1.18. The normalized spacial score (nSPS) is 11.7. The molecule has 0 bridgehead atoms. The summed E-state index contributed by atoms with van der Waals surface area (Å²) in [5, 5.41) is 4.26. The molecule has 0 fully saturated rings. The van der Waals surface area contributed by atoms with E-state index in [4.69, 9.17) is 19.9 Å². The highest BCUT2D eigenvalue weighted by molar-refractivity contribution is 6.04. The molecule has 0 radical (unpaired) electrons. The zero-order valence-corrected chi connectivity index (χ0v) is 20.1. The molecule has 0 saturated carbocycles. The number of aromatic nitrogens is 6. The Hall–Kier alpha value is -5.36. The summed E-state index contributed by atoms with van der Waals surface area (Å²) in [5.74, 6) is 0. The van der Waals surface area contributed by atoms with Gasteiger partial charge in [-0.15, -0.1) is 0 Å². The van der Waals surface area contributed by atoms with Crippen molar-refractivity contribution >= 4 is 54.6 Å². The van der Waals surface area contributed by atoms with Gasteiger partial charge in [-0.3, -0.25) is 29.9 Å². The van der Waals surface area contributed by atoms with Crippen molar-refractivity contribution in [1.29, 1.82) is 0 Å². The fourth-order valence-electron chi connectivity index (χ4n) is 5.11. The SMILES string of the molecule is c1cnc2c(c1)ccc1cc(-c3cnc4cc(-c5cnc6c(ccc7cccnc76)c5)cnc4c3)cnc12. The van der Waals surface area contributed by atoms with Gasteiger partial charge < -0.3 is 0 Å². The summed E-state index contributed by atoms with van der Waals surface area (Å²) in [6.45, 7) is 0. The average Bonchev–Trinajstić information content (AvgIpc) is 2.99. The lowest BCUT2D eigenvalue weighted by atomic mass is 10.0. The molecule has 6 heterocycles. The maximum Gasteiger partial charge on any atom is 0.0964 e. The van der Waals surface area contributed by atoms with Crippen molar-refractivity contribution in [2.24, 2.45) is 0 Å². The fourth-order valence-corrected chi connectivity index (χ4v) is 5.11. The Labute approximate surface area is 216 Å². The van der Waals surface area contributed by atoms with Crippen LogP contribution >= 0.6 is 0 Å². The zero-order chi connectivity index (χ0) is 25.1. The Morgan fingerprint density at radius 3 is 1.24 bits per heavy atom. The van der Waals surface area contributed by atoms with Crippen LogP contribution in [0.4, 0.5) is 0 Å². The molecule has 8 aromatic rings. The Morgan fingerprint density at radius 1 is 0.342 bits per heavy atom. The van der Waals surface area contributed by atoms with Crippen LogP contribution in [0.5, 0.6) is 0 Å². The number of pyridine rings is 6. The molecule has 0 atom stereocenters. The second-order valence-corrected chi connectivity index (χ2v) is 9.36. The summed E-state index contributed by atoms with van der Waals surface area (Å²) in [6, 6.07) is 24.7. The van der Waals surface area contributed by atoms with Gasteiger partial charge in [-0.05, 0) is 36.4 Å². The van der Waals surface area contributed by atoms with Crippen LogP contribution < -0.4 is 0 Å². The van der Waals surface area contributed by atoms with Gasteiger partial charge in [0.1, 0.15) is 0 Å². The summed E-state index contributed by atoms with van der Waals surface area (Å²) in [6.07, 6.45) is 11.1. The van der Waals surface area contributed by atoms with Crippen molar-refractivity contribution in [3.63, 3.8) is 0 Å². The van der Waals surface area contributed by atoms with Gasteiger partial charge in [-0.25, -0.2) is 0 Å². The highest BCUT2D eigenvalue weighted by atomic mass is 14.8. The smallest absolute Gasteiger partial charge is 0.0964 e. The molecule has 0 aliphatic heterocycles. The van der Waals surface area contributed by atoms with Crippen molar-refractivity contribution in [3.05, 3.63) is 110 Å². The highest BCUT2D eigenvalue weighted by Gasteiger charge is 2.10. The second-order valence-electron chi connectivity index (χ2n) is 9.36. The predicted octanol–water partition coefficient (Wildman–Crippen LogP) is 7.16. The lowest BCUT2D eigenvalue weighted by molar-refractivity contribution is 1.32. The van der Waals surface area contributed by atoms with Gasteiger partial charge in [0, 0.05) is 81.0 Å². The van der Waals surface area contributed by atoms with Crippen molar-refractivity contribution < 1.29 is 0 Å². The molecule has 0 N–H and O–H groups in total. The van der Waals surface area contributed by atoms with E-state index >= 15 is 0 Å². The van der Waals surface area contributed by atoms with E-state index in [0.717, 1.165) is 76.9 Å². The van der Waals surface area contributed by atoms with Crippen LogP contribution in [0.2, 0.25) is 0 Å². The van der Waals surface area contributed by atoms with Crippen molar-refractivity contribution in [3.8, 4) is 22.3 Å². The lowest BCUT2D eigenvalue weighted by Crippen LogP contribution is -1.91. The molecule has 0 aliphatic carbocycles. The van der Waals surface area contributed by atoms with Gasteiger partial charge in [0.25, 0.3) is 0 Å². The summed E-state index contributed by atoms with van der Waals surface area (Å²) in [7, 11) is 0. The molecule has 0 unspecified atom stereocenters. The minimum atomic E-state index is 0.829. The van der Waals surface area contributed by atoms with Gasteiger partial charge in [0.2, 0.25) is 0 Å². The van der Waals surface area contributed by atoms with Gasteiger partial charge in [-0.2, -0.15) is 0 Å². The van der Waals surface area contributed by atoms with E-state index in [1.54, 1.807) is 12.4 Å². The van der Waals surface area contributed by atoms with Gasteiger partial charge in [0.05, 0.1) is 33.1 Å². The van der Waals surface area contributed by atoms with E-state index < -0.39 is 0 Å². The van der Waals surface area contributed by atoms with Gasteiger partial charge >= 0.3 is 0 Å². The number of fused-ring (bicyclic) bond motifs is 7. The van der Waals surface area contributed by atoms with Crippen LogP contribution in [0.1, 0.15) is 0 Å². The van der Waals surface area contributed by atoms with E-state index in [9.17, 15) is 0 Å². The Morgan fingerprint density at radius 2 is 0.737 bits per heavy atom. The maximum absolute atomic E-state index is 4.74. The molecule has 0 saturated heterocycles. The molecule has 0 spiro atoms. The number of nitrogens with zero attached hydrogens (tertiary/aromatic N) is 6. The molecule has 6 aromatic heterocycles. The molecule has 176 valence electrons. The molecule has 0 aliphatic rings. The maximum atomic E-state index is 4.74. The predicted molar refractivity (Wildman–Crippen MR) is 152 cm³/mol. The first-order chi connectivity index (χ1) is 18.8. The summed E-state index contributed by atoms with van der Waals surface area (Å²) < 4.78 is 0. The van der Waals surface area contributed by atoms with E-state index in [1.165, 1.54) is 0 Å². The molecule has 2 aromatic carbocycles. The molecule has 8 rings (SSSR count). The third-order valence-corrected chi connectivity index (χ3v) is 7.04. The van der Waals surface area contributed by atoms with E-state index in [-0.39, 0.29) is 0 Å². The number of hydrogen-bond donors (Lipinski definition) is 0. The minimum absolute atomic E-state index is 0.829. The summed E-state index contributed by atoms with van der Waals surface area (Å²) in [4.78, 5) is 28.0. The molecule has 0 amide bonds. The third-order valence-electron chi connectivity index (χ3n) is 7.04. The minimum Gasteiger partial charge on any atom is -0.254 e. The molecule has 38 heavy (non-hydrogen) atoms. The lowest BCUT2D eigenvalue weighted by Gasteiger charge is -2.08. The van der Waals surface area contributed by atoms with Crippen LogP contribution in [0.3, 0.4) is 0 Å². The standard InChI is InChI=1S/C32H18N6/c1-3-19-5-7-21-11-23(17-37-31(21)29(19)33-9-1)25-13-27-28(35-15-25)14-26(16-36-27)24-12-22-8-6-20-4-2-10-34-30(20)32(22)38-18-24/h1-18H. The first-order valence-electron chi connectivity index (χ1n) is 12.3. The average molecular weight is 487 g/mol. The molecular weight excluding hydrogens is 468 g/mol. The Kier molecular flexibility index (Phi) is 4.42. The quantitative estimate of drug-likeness (QED) is 0.241. The largest absolute Gasteiger partial charge is 0.254 e. The van der Waals surface area contributed by atoms with Crippen molar-refractivity contribution in [1.82, 2.24) is 29.9 Å². The van der Waals surface area contributed by atoms with Crippen LogP contribution in [-0.2, 0) is 0 Å². The molecule has 6 nitrogen and oxygen atoms in total. The number of benzene rings is 2. The van der Waals surface area contributed by atoms with Gasteiger partial charge in [-0.1, -0.05) is 36.4 Å². The fraction of sp³-hybridized carbons (Fsp3) is 0. The monoisotopic (exact) mass is 486 g/mol. The first-order valence-corrected chi connectivity index (χ1v) is 12.3. The highest BCUT2D eigenvalue weighted by Crippen LogP contribution is 2.30. The van der Waals surface area contributed by atoms with Crippen LogP contribution in [0.15, 0.2) is 110 Å². The summed E-state index contributed by atoms with van der Waals surface area (Å²) >= 11 is 0. The Bertz CT molecular complexity index is 2050. The van der Waals surface area contributed by atoms with E-state index in [2.05, 4.69) is 70.6 Å². The zero-order valence-electron chi connectivity index (χ0n) is 20.1. The van der Waals surface area contributed by atoms with Crippen LogP contribution in [0, 0.1) is 0 Å². The van der Waals surface area contributed by atoms with Crippen LogP contribution in [-0.4, -0.2) is 29.9 Å². The first kappa shape index (κ1) is 20.8. The summed E-state index contributed by atoms with van der Waals surface area (Å²) in [5.41, 5.74) is 9.21. The van der Waals surface area contributed by atoms with Crippen molar-refractivity contribution in [2.75, 3.05) is 0 Å². The molecular formula is C32H18N6. The van der Waals surface area contributed by atoms with E-state index in [0.29, 0.717) is 0 Å². The molecule has 6 heteroatoms. The topological polar surface area (TPSA) is 77.3 Å².